The lowest BCUT2D eigenvalue weighted by atomic mass is 10.0. The van der Waals surface area contributed by atoms with Gasteiger partial charge in [0.25, 0.3) is 5.91 Å². The second-order valence-corrected chi connectivity index (χ2v) is 7.59. The normalized spacial score (nSPS) is 19.0. The third-order valence-electron chi connectivity index (χ3n) is 5.06. The summed E-state index contributed by atoms with van der Waals surface area (Å²) in [7, 11) is 1.81. The zero-order chi connectivity index (χ0) is 18.4. The molecule has 0 spiro atoms. The first-order valence-corrected chi connectivity index (χ1v) is 9.20. The number of hydrogen-bond donors (Lipinski definition) is 0. The monoisotopic (exact) mass is 351 g/mol. The molecule has 0 radical (unpaired) electrons. The molecule has 1 unspecified atom stereocenters. The van der Waals surface area contributed by atoms with Crippen LogP contribution in [0.3, 0.4) is 0 Å². The van der Waals surface area contributed by atoms with Gasteiger partial charge in [0.05, 0.1) is 12.6 Å². The minimum absolute atomic E-state index is 0.0308. The van der Waals surface area contributed by atoms with Crippen LogP contribution < -0.4 is 4.90 Å². The highest BCUT2D eigenvalue weighted by molar-refractivity contribution is 6.17. The van der Waals surface area contributed by atoms with E-state index < -0.39 is 0 Å². The van der Waals surface area contributed by atoms with Gasteiger partial charge >= 0.3 is 0 Å². The number of aliphatic imine (C=N–C) groups is 1. The van der Waals surface area contributed by atoms with Crippen LogP contribution in [0.1, 0.15) is 42.1 Å². The van der Waals surface area contributed by atoms with Crippen molar-refractivity contribution in [3.63, 3.8) is 0 Å². The molecule has 2 aromatic rings. The summed E-state index contributed by atoms with van der Waals surface area (Å²) >= 11 is 0. The van der Waals surface area contributed by atoms with Crippen molar-refractivity contribution in [1.29, 1.82) is 0 Å². The highest BCUT2D eigenvalue weighted by Crippen LogP contribution is 2.33. The van der Waals surface area contributed by atoms with Crippen LogP contribution in [-0.2, 0) is 6.54 Å². The molecule has 4 rings (SSSR count). The number of hydrogen-bond acceptors (Lipinski definition) is 4. The molecule has 6 heteroatoms. The number of carbonyl (C=O) groups excluding carboxylic acids is 1. The molecule has 1 aromatic carbocycles. The Morgan fingerprint density at radius 3 is 2.65 bits per heavy atom. The second-order valence-electron chi connectivity index (χ2n) is 7.59. The van der Waals surface area contributed by atoms with E-state index in [1.165, 1.54) is 0 Å². The highest BCUT2D eigenvalue weighted by atomic mass is 16.2. The summed E-state index contributed by atoms with van der Waals surface area (Å²) in [5.41, 5.74) is 1.82. The molecule has 1 atom stereocenters. The predicted octanol–water partition coefficient (Wildman–Crippen LogP) is 2.92. The Kier molecular flexibility index (Phi) is 4.05. The van der Waals surface area contributed by atoms with Crippen LogP contribution in [0.5, 0.6) is 0 Å². The molecule has 2 aliphatic rings. The lowest BCUT2D eigenvalue weighted by Gasteiger charge is -2.31. The fourth-order valence-corrected chi connectivity index (χ4v) is 3.84. The van der Waals surface area contributed by atoms with Crippen molar-refractivity contribution in [2.75, 3.05) is 18.5 Å². The largest absolute Gasteiger partial charge is 0.318 e. The second kappa shape index (κ2) is 6.27. The third kappa shape index (κ3) is 2.69. The van der Waals surface area contributed by atoms with Gasteiger partial charge in [-0.15, -0.1) is 0 Å². The van der Waals surface area contributed by atoms with E-state index in [2.05, 4.69) is 30.9 Å². The number of amides is 1. The van der Waals surface area contributed by atoms with Crippen molar-refractivity contribution < 1.29 is 4.79 Å². The van der Waals surface area contributed by atoms with Crippen molar-refractivity contribution >= 4 is 17.7 Å². The van der Waals surface area contributed by atoms with E-state index in [-0.39, 0.29) is 11.9 Å². The molecule has 0 saturated carbocycles. The summed E-state index contributed by atoms with van der Waals surface area (Å²) in [6.07, 6.45) is 1.01. The number of anilines is 1. The quantitative estimate of drug-likeness (QED) is 0.851. The molecule has 0 N–H and O–H groups in total. The minimum Gasteiger partial charge on any atom is -0.318 e. The third-order valence-corrected chi connectivity index (χ3v) is 5.06. The van der Waals surface area contributed by atoms with Gasteiger partial charge in [-0.3, -0.25) is 14.6 Å². The molecule has 2 aliphatic heterocycles. The topological polar surface area (TPSA) is 53.7 Å². The van der Waals surface area contributed by atoms with Crippen LogP contribution in [0.4, 0.5) is 5.82 Å². The van der Waals surface area contributed by atoms with Crippen LogP contribution >= 0.6 is 0 Å². The molecular weight excluding hydrogens is 326 g/mol. The van der Waals surface area contributed by atoms with E-state index in [4.69, 9.17) is 9.98 Å². The van der Waals surface area contributed by atoms with E-state index in [1.54, 1.807) is 4.90 Å². The number of aryl methyl sites for hydroxylation is 1. The molecular formula is C20H25N5O. The van der Waals surface area contributed by atoms with Gasteiger partial charge in [-0.1, -0.05) is 44.2 Å². The minimum atomic E-state index is -0.0308. The number of imidazole rings is 1. The van der Waals surface area contributed by atoms with Gasteiger partial charge in [-0.2, -0.15) is 0 Å². The number of aromatic nitrogens is 2. The van der Waals surface area contributed by atoms with Gasteiger partial charge < -0.3 is 4.57 Å². The Morgan fingerprint density at radius 1 is 1.23 bits per heavy atom. The zero-order valence-corrected chi connectivity index (χ0v) is 15.8. The number of carbonyl (C=O) groups is 1. The van der Waals surface area contributed by atoms with E-state index in [0.29, 0.717) is 18.2 Å². The Bertz CT molecular complexity index is 868. The lowest BCUT2D eigenvalue weighted by Crippen LogP contribution is -2.48. The van der Waals surface area contributed by atoms with Crippen LogP contribution in [0.25, 0.3) is 0 Å². The van der Waals surface area contributed by atoms with Crippen molar-refractivity contribution in [3.8, 4) is 0 Å². The average molecular weight is 351 g/mol. The fourth-order valence-electron chi connectivity index (χ4n) is 3.84. The molecule has 1 aromatic heterocycles. The first-order valence-electron chi connectivity index (χ1n) is 9.20. The molecule has 136 valence electrons. The maximum atomic E-state index is 13.1. The number of guanidine groups is 1. The van der Waals surface area contributed by atoms with Crippen molar-refractivity contribution in [3.05, 3.63) is 47.4 Å². The number of fused-ring (bicyclic) bond motifs is 3. The van der Waals surface area contributed by atoms with Gasteiger partial charge in [0.15, 0.2) is 11.5 Å². The SMILES string of the molecule is Cc1nc2c(n1Cc1ccccc1)C(=O)N(C)C1=NC(CC(C)C)CN12. The van der Waals surface area contributed by atoms with E-state index in [1.807, 2.05) is 36.7 Å². The van der Waals surface area contributed by atoms with Crippen molar-refractivity contribution in [1.82, 2.24) is 14.5 Å². The number of benzene rings is 1. The summed E-state index contributed by atoms with van der Waals surface area (Å²) in [5, 5.41) is 0. The fraction of sp³-hybridized carbons (Fsp3) is 0.450. The van der Waals surface area contributed by atoms with Gasteiger partial charge in [0.1, 0.15) is 5.82 Å². The number of nitrogens with zero attached hydrogens (tertiary/aromatic N) is 5. The average Bonchev–Trinajstić information content (AvgIpc) is 3.15. The Morgan fingerprint density at radius 2 is 1.96 bits per heavy atom. The Balaban J connectivity index is 1.73. The van der Waals surface area contributed by atoms with Crippen LogP contribution in [0.15, 0.2) is 35.3 Å². The molecule has 3 heterocycles. The van der Waals surface area contributed by atoms with E-state index >= 15 is 0 Å². The number of rotatable bonds is 4. The molecule has 0 fully saturated rings. The molecule has 0 saturated heterocycles. The van der Waals surface area contributed by atoms with E-state index in [9.17, 15) is 4.79 Å². The van der Waals surface area contributed by atoms with Crippen molar-refractivity contribution in [2.45, 2.75) is 39.8 Å². The van der Waals surface area contributed by atoms with Gasteiger partial charge in [0, 0.05) is 13.6 Å². The zero-order valence-electron chi connectivity index (χ0n) is 15.8. The summed E-state index contributed by atoms with van der Waals surface area (Å²) < 4.78 is 2.02. The summed E-state index contributed by atoms with van der Waals surface area (Å²) in [5.74, 6) is 2.89. The highest BCUT2D eigenvalue weighted by Gasteiger charge is 2.42. The summed E-state index contributed by atoms with van der Waals surface area (Å²) in [6.45, 7) is 7.81. The molecule has 6 nitrogen and oxygen atoms in total. The Labute approximate surface area is 154 Å². The Hall–Kier alpha value is -2.63. The molecule has 1 amide bonds. The van der Waals surface area contributed by atoms with Crippen molar-refractivity contribution in [2.24, 2.45) is 10.9 Å². The summed E-state index contributed by atoms with van der Waals surface area (Å²) in [6, 6.07) is 10.4. The standard InChI is InChI=1S/C20H25N5O/c1-13(2)10-16-12-25-18-17(19(26)23(4)20(25)22-16)24(14(3)21-18)11-15-8-6-5-7-9-15/h5-9,13,16H,10-12H2,1-4H3. The predicted molar refractivity (Wildman–Crippen MR) is 103 cm³/mol. The molecule has 0 aliphatic carbocycles. The first kappa shape index (κ1) is 16.8. The lowest BCUT2D eigenvalue weighted by molar-refractivity contribution is 0.0855. The summed E-state index contributed by atoms with van der Waals surface area (Å²) in [4.78, 5) is 26.4. The van der Waals surface area contributed by atoms with Crippen LogP contribution in [0.2, 0.25) is 0 Å². The van der Waals surface area contributed by atoms with Gasteiger partial charge in [0.2, 0.25) is 5.96 Å². The van der Waals surface area contributed by atoms with Crippen LogP contribution in [0, 0.1) is 12.8 Å². The van der Waals surface area contributed by atoms with Gasteiger partial charge in [-0.05, 0) is 24.8 Å². The smallest absolute Gasteiger partial charge is 0.280 e. The molecule has 26 heavy (non-hydrogen) atoms. The first-order chi connectivity index (χ1) is 12.5. The van der Waals surface area contributed by atoms with Gasteiger partial charge in [-0.25, -0.2) is 9.98 Å². The molecule has 0 bridgehead atoms. The van der Waals surface area contributed by atoms with Crippen LogP contribution in [-0.4, -0.2) is 46.0 Å². The maximum absolute atomic E-state index is 13.1. The maximum Gasteiger partial charge on any atom is 0.280 e. The van der Waals surface area contributed by atoms with E-state index in [0.717, 1.165) is 36.1 Å².